The molecule has 4 heteroatoms. The zero-order valence-electron chi connectivity index (χ0n) is 11.7. The minimum atomic E-state index is 0.0635. The zero-order valence-corrected chi connectivity index (χ0v) is 12.4. The van der Waals surface area contributed by atoms with E-state index in [0.717, 1.165) is 31.4 Å². The second-order valence-corrected chi connectivity index (χ2v) is 5.66. The molecule has 0 spiro atoms. The SMILES string of the molecule is CCCc1cc(C(=O)N(C)C2CCCC2)cc(Cl)n1. The largest absolute Gasteiger partial charge is 0.339 e. The maximum Gasteiger partial charge on any atom is 0.254 e. The summed E-state index contributed by atoms with van der Waals surface area (Å²) in [6.45, 7) is 2.09. The van der Waals surface area contributed by atoms with Gasteiger partial charge in [-0.05, 0) is 31.4 Å². The Morgan fingerprint density at radius 1 is 1.42 bits per heavy atom. The fraction of sp³-hybridized carbons (Fsp3) is 0.600. The van der Waals surface area contributed by atoms with Crippen molar-refractivity contribution < 1.29 is 4.79 Å². The lowest BCUT2D eigenvalue weighted by molar-refractivity contribution is 0.0735. The second-order valence-electron chi connectivity index (χ2n) is 5.27. The van der Waals surface area contributed by atoms with E-state index < -0.39 is 0 Å². The molecule has 2 rings (SSSR count). The number of nitrogens with zero attached hydrogens (tertiary/aromatic N) is 2. The standard InChI is InChI=1S/C15H21ClN2O/c1-3-6-12-9-11(10-14(16)17-12)15(19)18(2)13-7-4-5-8-13/h9-10,13H,3-8H2,1-2H3. The number of hydrogen-bond donors (Lipinski definition) is 0. The van der Waals surface area contributed by atoms with Gasteiger partial charge in [-0.2, -0.15) is 0 Å². The number of rotatable bonds is 4. The van der Waals surface area contributed by atoms with E-state index in [1.54, 1.807) is 6.07 Å². The molecule has 0 aromatic carbocycles. The normalized spacial score (nSPS) is 15.7. The molecule has 3 nitrogen and oxygen atoms in total. The van der Waals surface area contributed by atoms with Gasteiger partial charge in [0.25, 0.3) is 5.91 Å². The molecular formula is C15H21ClN2O. The Labute approximate surface area is 120 Å². The topological polar surface area (TPSA) is 33.2 Å². The van der Waals surface area contributed by atoms with Gasteiger partial charge in [0.2, 0.25) is 0 Å². The Hall–Kier alpha value is -1.09. The van der Waals surface area contributed by atoms with Gasteiger partial charge in [-0.25, -0.2) is 4.98 Å². The number of amides is 1. The van der Waals surface area contributed by atoms with E-state index in [1.807, 2.05) is 18.0 Å². The van der Waals surface area contributed by atoms with E-state index in [9.17, 15) is 4.79 Å². The molecule has 1 aromatic heterocycles. The number of carbonyl (C=O) groups is 1. The number of halogens is 1. The van der Waals surface area contributed by atoms with Crippen LogP contribution in [0.1, 0.15) is 55.1 Å². The molecule has 0 aliphatic heterocycles. The van der Waals surface area contributed by atoms with Crippen molar-refractivity contribution in [3.63, 3.8) is 0 Å². The lowest BCUT2D eigenvalue weighted by Crippen LogP contribution is -2.35. The summed E-state index contributed by atoms with van der Waals surface area (Å²) in [6, 6.07) is 3.94. The summed E-state index contributed by atoms with van der Waals surface area (Å²) in [6.07, 6.45) is 6.53. The van der Waals surface area contributed by atoms with Crippen LogP contribution < -0.4 is 0 Å². The molecule has 1 aliphatic rings. The Balaban J connectivity index is 2.17. The van der Waals surface area contributed by atoms with Gasteiger partial charge in [-0.15, -0.1) is 0 Å². The lowest BCUT2D eigenvalue weighted by Gasteiger charge is -2.24. The van der Waals surface area contributed by atoms with Crippen molar-refractivity contribution in [3.8, 4) is 0 Å². The molecule has 0 N–H and O–H groups in total. The van der Waals surface area contributed by atoms with E-state index in [2.05, 4.69) is 11.9 Å². The first kappa shape index (κ1) is 14.3. The van der Waals surface area contributed by atoms with Crippen LogP contribution in [0.3, 0.4) is 0 Å². The average Bonchev–Trinajstić information content (AvgIpc) is 2.90. The molecule has 1 aliphatic carbocycles. The van der Waals surface area contributed by atoms with Crippen LogP contribution in [-0.4, -0.2) is 28.9 Å². The highest BCUT2D eigenvalue weighted by Crippen LogP contribution is 2.24. The summed E-state index contributed by atoms with van der Waals surface area (Å²) in [4.78, 5) is 18.6. The van der Waals surface area contributed by atoms with Crippen molar-refractivity contribution in [2.45, 2.75) is 51.5 Å². The Morgan fingerprint density at radius 3 is 2.74 bits per heavy atom. The molecule has 0 saturated heterocycles. The Kier molecular flexibility index (Phi) is 4.81. The van der Waals surface area contributed by atoms with Crippen molar-refractivity contribution >= 4 is 17.5 Å². The quantitative estimate of drug-likeness (QED) is 0.788. The molecule has 1 amide bonds. The first-order chi connectivity index (χ1) is 9.11. The summed E-state index contributed by atoms with van der Waals surface area (Å²) in [5.41, 5.74) is 1.57. The van der Waals surface area contributed by atoms with Gasteiger partial charge in [-0.3, -0.25) is 4.79 Å². The van der Waals surface area contributed by atoms with Crippen LogP contribution in [0, 0.1) is 0 Å². The summed E-state index contributed by atoms with van der Waals surface area (Å²) in [7, 11) is 1.89. The highest BCUT2D eigenvalue weighted by atomic mass is 35.5. The lowest BCUT2D eigenvalue weighted by atomic mass is 10.1. The summed E-state index contributed by atoms with van der Waals surface area (Å²) >= 11 is 6.01. The average molecular weight is 281 g/mol. The number of pyridine rings is 1. The van der Waals surface area contributed by atoms with Gasteiger partial charge >= 0.3 is 0 Å². The van der Waals surface area contributed by atoms with Crippen LogP contribution in [0.5, 0.6) is 0 Å². The van der Waals surface area contributed by atoms with Gasteiger partial charge < -0.3 is 4.90 Å². The maximum atomic E-state index is 12.5. The van der Waals surface area contributed by atoms with Crippen LogP contribution in [0.4, 0.5) is 0 Å². The van der Waals surface area contributed by atoms with Gasteiger partial charge in [0, 0.05) is 24.3 Å². The van der Waals surface area contributed by atoms with Gasteiger partial charge in [0.15, 0.2) is 0 Å². The van der Waals surface area contributed by atoms with Crippen LogP contribution in [0.2, 0.25) is 5.15 Å². The first-order valence-corrected chi connectivity index (χ1v) is 7.43. The molecule has 0 atom stereocenters. The van der Waals surface area contributed by atoms with E-state index in [1.165, 1.54) is 12.8 Å². The van der Waals surface area contributed by atoms with E-state index in [-0.39, 0.29) is 5.91 Å². The molecule has 1 heterocycles. The highest BCUT2D eigenvalue weighted by Gasteiger charge is 2.24. The predicted molar refractivity (Wildman–Crippen MR) is 77.6 cm³/mol. The first-order valence-electron chi connectivity index (χ1n) is 7.05. The van der Waals surface area contributed by atoms with Crippen molar-refractivity contribution in [3.05, 3.63) is 28.5 Å². The molecule has 1 aromatic rings. The van der Waals surface area contributed by atoms with Gasteiger partial charge in [0.1, 0.15) is 5.15 Å². The van der Waals surface area contributed by atoms with Crippen molar-refractivity contribution in [2.24, 2.45) is 0 Å². The van der Waals surface area contributed by atoms with Crippen LogP contribution >= 0.6 is 11.6 Å². The predicted octanol–water partition coefficient (Wildman–Crippen LogP) is 3.70. The third-order valence-corrected chi connectivity index (χ3v) is 3.99. The molecule has 1 saturated carbocycles. The fourth-order valence-electron chi connectivity index (χ4n) is 2.72. The van der Waals surface area contributed by atoms with Crippen molar-refractivity contribution in [1.29, 1.82) is 0 Å². The van der Waals surface area contributed by atoms with E-state index >= 15 is 0 Å². The number of aromatic nitrogens is 1. The monoisotopic (exact) mass is 280 g/mol. The summed E-state index contributed by atoms with van der Waals surface area (Å²) in [5, 5.41) is 0.411. The smallest absolute Gasteiger partial charge is 0.254 e. The molecule has 104 valence electrons. The van der Waals surface area contributed by atoms with E-state index in [4.69, 9.17) is 11.6 Å². The highest BCUT2D eigenvalue weighted by molar-refractivity contribution is 6.29. The second kappa shape index (κ2) is 6.38. The van der Waals surface area contributed by atoms with Crippen LogP contribution in [0.25, 0.3) is 0 Å². The minimum absolute atomic E-state index is 0.0635. The molecule has 0 radical (unpaired) electrons. The summed E-state index contributed by atoms with van der Waals surface area (Å²) < 4.78 is 0. The third-order valence-electron chi connectivity index (χ3n) is 3.79. The molecule has 0 bridgehead atoms. The Morgan fingerprint density at radius 2 is 2.11 bits per heavy atom. The molecular weight excluding hydrogens is 260 g/mol. The van der Waals surface area contributed by atoms with E-state index in [0.29, 0.717) is 16.8 Å². The van der Waals surface area contributed by atoms with Crippen LogP contribution in [0.15, 0.2) is 12.1 Å². The molecule has 1 fully saturated rings. The van der Waals surface area contributed by atoms with Crippen LogP contribution in [-0.2, 0) is 6.42 Å². The third kappa shape index (κ3) is 3.47. The van der Waals surface area contributed by atoms with Gasteiger partial charge in [-0.1, -0.05) is 37.8 Å². The molecule has 0 unspecified atom stereocenters. The summed E-state index contributed by atoms with van der Waals surface area (Å²) in [5.74, 6) is 0.0635. The van der Waals surface area contributed by atoms with Crippen molar-refractivity contribution in [1.82, 2.24) is 9.88 Å². The zero-order chi connectivity index (χ0) is 13.8. The molecule has 19 heavy (non-hydrogen) atoms. The minimum Gasteiger partial charge on any atom is -0.339 e. The number of hydrogen-bond acceptors (Lipinski definition) is 2. The number of carbonyl (C=O) groups excluding carboxylic acids is 1. The number of aryl methyl sites for hydroxylation is 1. The Bertz CT molecular complexity index is 455. The maximum absolute atomic E-state index is 12.5. The van der Waals surface area contributed by atoms with Gasteiger partial charge in [0.05, 0.1) is 0 Å². The van der Waals surface area contributed by atoms with Crippen molar-refractivity contribution in [2.75, 3.05) is 7.05 Å². The fourth-order valence-corrected chi connectivity index (χ4v) is 2.95.